The van der Waals surface area contributed by atoms with Crippen LogP contribution in [-0.4, -0.2) is 51.8 Å². The first kappa shape index (κ1) is 22.8. The van der Waals surface area contributed by atoms with Gasteiger partial charge in [-0.3, -0.25) is 4.79 Å². The highest BCUT2D eigenvalue weighted by Crippen LogP contribution is 2.26. The van der Waals surface area contributed by atoms with Gasteiger partial charge in [-0.25, -0.2) is 13.1 Å². The Kier molecular flexibility index (Phi) is 7.57. The van der Waals surface area contributed by atoms with Gasteiger partial charge in [-0.1, -0.05) is 31.2 Å². The van der Waals surface area contributed by atoms with Crippen LogP contribution in [0.15, 0.2) is 52.3 Å². The van der Waals surface area contributed by atoms with E-state index in [1.807, 2.05) is 37.4 Å². The van der Waals surface area contributed by atoms with E-state index in [4.69, 9.17) is 4.74 Å². The van der Waals surface area contributed by atoms with Gasteiger partial charge in [-0.05, 0) is 48.9 Å². The average molecular weight is 449 g/mol. The lowest BCUT2D eigenvalue weighted by molar-refractivity contribution is 0.0300. The number of morpholine rings is 1. The molecule has 1 N–H and O–H groups in total. The molecule has 0 bridgehead atoms. The van der Waals surface area contributed by atoms with Gasteiger partial charge in [0.15, 0.2) is 0 Å². The van der Waals surface area contributed by atoms with E-state index in [1.54, 1.807) is 17.0 Å². The molecule has 0 spiro atoms. The standard InChI is InChI=1S/C22H28N2O4S2/c1-4-17-5-7-18(8-6-17)16(2)23-30(26,27)19-9-10-21(29-3)20(15-19)22(25)24-11-13-28-14-12-24/h5-10,15-16,23H,4,11-14H2,1-3H3/t16-/m1/s1. The van der Waals surface area contributed by atoms with Crippen molar-refractivity contribution in [3.05, 3.63) is 59.2 Å². The molecule has 3 rings (SSSR count). The Morgan fingerprint density at radius 3 is 2.43 bits per heavy atom. The molecule has 162 valence electrons. The van der Waals surface area contributed by atoms with Crippen LogP contribution in [0.2, 0.25) is 0 Å². The SMILES string of the molecule is CCc1ccc([C@@H](C)NS(=O)(=O)c2ccc(SC)c(C(=O)N3CCOCC3)c2)cc1. The Morgan fingerprint density at radius 2 is 1.83 bits per heavy atom. The number of thioether (sulfide) groups is 1. The first-order valence-corrected chi connectivity index (χ1v) is 12.7. The smallest absolute Gasteiger partial charge is 0.255 e. The second-order valence-electron chi connectivity index (χ2n) is 7.20. The zero-order valence-electron chi connectivity index (χ0n) is 17.6. The molecule has 1 atom stereocenters. The van der Waals surface area contributed by atoms with Gasteiger partial charge in [0, 0.05) is 24.0 Å². The molecule has 0 radical (unpaired) electrons. The minimum absolute atomic E-state index is 0.0916. The molecule has 2 aromatic carbocycles. The number of benzene rings is 2. The van der Waals surface area contributed by atoms with E-state index in [1.165, 1.54) is 23.4 Å². The number of carbonyl (C=O) groups is 1. The average Bonchev–Trinajstić information content (AvgIpc) is 2.78. The van der Waals surface area contributed by atoms with E-state index >= 15 is 0 Å². The van der Waals surface area contributed by atoms with Crippen molar-refractivity contribution in [3.8, 4) is 0 Å². The lowest BCUT2D eigenvalue weighted by Gasteiger charge is -2.27. The number of nitrogens with zero attached hydrogens (tertiary/aromatic N) is 1. The Labute approximate surface area is 183 Å². The van der Waals surface area contributed by atoms with Crippen LogP contribution >= 0.6 is 11.8 Å². The van der Waals surface area contributed by atoms with Gasteiger partial charge in [0.1, 0.15) is 0 Å². The van der Waals surface area contributed by atoms with Crippen LogP contribution in [0, 0.1) is 0 Å². The van der Waals surface area contributed by atoms with Gasteiger partial charge < -0.3 is 9.64 Å². The first-order chi connectivity index (χ1) is 14.4. The predicted molar refractivity (Wildman–Crippen MR) is 120 cm³/mol. The fourth-order valence-electron chi connectivity index (χ4n) is 3.37. The molecule has 0 aliphatic carbocycles. The van der Waals surface area contributed by atoms with Crippen molar-refractivity contribution in [2.75, 3.05) is 32.6 Å². The molecule has 1 aliphatic heterocycles. The van der Waals surface area contributed by atoms with Crippen LogP contribution in [-0.2, 0) is 21.2 Å². The number of sulfonamides is 1. The lowest BCUT2D eigenvalue weighted by Crippen LogP contribution is -2.41. The van der Waals surface area contributed by atoms with Gasteiger partial charge in [0.05, 0.1) is 23.7 Å². The zero-order chi connectivity index (χ0) is 21.7. The first-order valence-electron chi connectivity index (χ1n) is 10.0. The summed E-state index contributed by atoms with van der Waals surface area (Å²) >= 11 is 1.43. The van der Waals surface area contributed by atoms with E-state index in [0.29, 0.717) is 31.9 Å². The summed E-state index contributed by atoms with van der Waals surface area (Å²) in [6, 6.07) is 12.2. The summed E-state index contributed by atoms with van der Waals surface area (Å²) in [6.45, 7) is 5.89. The fraction of sp³-hybridized carbons (Fsp3) is 0.409. The molecule has 1 aliphatic rings. The van der Waals surface area contributed by atoms with Gasteiger partial charge >= 0.3 is 0 Å². The van der Waals surface area contributed by atoms with E-state index in [-0.39, 0.29) is 16.8 Å². The Hall–Kier alpha value is -1.87. The quantitative estimate of drug-likeness (QED) is 0.657. The highest BCUT2D eigenvalue weighted by Gasteiger charge is 2.25. The largest absolute Gasteiger partial charge is 0.378 e. The number of hydrogen-bond acceptors (Lipinski definition) is 5. The van der Waals surface area contributed by atoms with E-state index in [9.17, 15) is 13.2 Å². The Morgan fingerprint density at radius 1 is 1.17 bits per heavy atom. The van der Waals surface area contributed by atoms with Crippen LogP contribution in [0.3, 0.4) is 0 Å². The third kappa shape index (κ3) is 5.24. The number of rotatable bonds is 7. The van der Waals surface area contributed by atoms with Crippen molar-refractivity contribution in [1.82, 2.24) is 9.62 Å². The van der Waals surface area contributed by atoms with Crippen molar-refractivity contribution < 1.29 is 17.9 Å². The van der Waals surface area contributed by atoms with Crippen molar-refractivity contribution in [1.29, 1.82) is 0 Å². The highest BCUT2D eigenvalue weighted by atomic mass is 32.2. The van der Waals surface area contributed by atoms with Crippen LogP contribution in [0.4, 0.5) is 0 Å². The molecule has 2 aromatic rings. The molecule has 30 heavy (non-hydrogen) atoms. The molecule has 0 saturated carbocycles. The third-order valence-electron chi connectivity index (χ3n) is 5.23. The van der Waals surface area contributed by atoms with Gasteiger partial charge in [0.2, 0.25) is 10.0 Å². The van der Waals surface area contributed by atoms with E-state index in [0.717, 1.165) is 16.9 Å². The molecule has 1 fully saturated rings. The Bertz CT molecular complexity index is 985. The number of carbonyl (C=O) groups excluding carboxylic acids is 1. The number of ether oxygens (including phenoxy) is 1. The summed E-state index contributed by atoms with van der Waals surface area (Å²) in [7, 11) is -3.79. The fourth-order valence-corrected chi connectivity index (χ4v) is 5.20. The number of nitrogens with one attached hydrogen (secondary N) is 1. The maximum Gasteiger partial charge on any atom is 0.255 e. The normalized spacial score (nSPS) is 15.8. The highest BCUT2D eigenvalue weighted by molar-refractivity contribution is 7.98. The predicted octanol–water partition coefficient (Wildman–Crippen LogP) is 3.48. The van der Waals surface area contributed by atoms with E-state index in [2.05, 4.69) is 11.6 Å². The van der Waals surface area contributed by atoms with Gasteiger partial charge in [0.25, 0.3) is 5.91 Å². The van der Waals surface area contributed by atoms with Crippen molar-refractivity contribution in [3.63, 3.8) is 0 Å². The topological polar surface area (TPSA) is 75.7 Å². The van der Waals surface area contributed by atoms with Crippen molar-refractivity contribution >= 4 is 27.7 Å². The minimum atomic E-state index is -3.79. The summed E-state index contributed by atoms with van der Waals surface area (Å²) in [5.41, 5.74) is 2.50. The maximum absolute atomic E-state index is 13.0. The van der Waals surface area contributed by atoms with E-state index < -0.39 is 10.0 Å². The van der Waals surface area contributed by atoms with Crippen molar-refractivity contribution in [2.45, 2.75) is 36.1 Å². The zero-order valence-corrected chi connectivity index (χ0v) is 19.2. The van der Waals surface area contributed by atoms with Crippen LogP contribution < -0.4 is 4.72 Å². The van der Waals surface area contributed by atoms with Gasteiger partial charge in [-0.15, -0.1) is 11.8 Å². The molecule has 0 unspecified atom stereocenters. The summed E-state index contributed by atoms with van der Waals surface area (Å²) in [6.07, 6.45) is 2.81. The molecular weight excluding hydrogens is 420 g/mol. The molecule has 6 nitrogen and oxygen atoms in total. The van der Waals surface area contributed by atoms with Gasteiger partial charge in [-0.2, -0.15) is 0 Å². The van der Waals surface area contributed by atoms with Crippen LogP contribution in [0.5, 0.6) is 0 Å². The summed E-state index contributed by atoms with van der Waals surface area (Å²) < 4.78 is 34.1. The molecule has 1 saturated heterocycles. The van der Waals surface area contributed by atoms with Crippen LogP contribution in [0.1, 0.15) is 41.4 Å². The monoisotopic (exact) mass is 448 g/mol. The number of amides is 1. The molecule has 8 heteroatoms. The molecule has 1 heterocycles. The summed E-state index contributed by atoms with van der Waals surface area (Å²) in [5.74, 6) is -0.164. The number of aryl methyl sites for hydroxylation is 1. The number of hydrogen-bond donors (Lipinski definition) is 1. The third-order valence-corrected chi connectivity index (χ3v) is 7.56. The lowest BCUT2D eigenvalue weighted by atomic mass is 10.1. The van der Waals surface area contributed by atoms with Crippen LogP contribution in [0.25, 0.3) is 0 Å². The summed E-state index contributed by atoms with van der Waals surface area (Å²) in [4.78, 5) is 15.6. The van der Waals surface area contributed by atoms with Crippen molar-refractivity contribution in [2.24, 2.45) is 0 Å². The second-order valence-corrected chi connectivity index (χ2v) is 9.77. The second kappa shape index (κ2) is 9.96. The Balaban J connectivity index is 1.84. The summed E-state index contributed by atoms with van der Waals surface area (Å²) in [5, 5.41) is 0. The molecule has 1 amide bonds. The maximum atomic E-state index is 13.0. The minimum Gasteiger partial charge on any atom is -0.378 e. The molecule has 0 aromatic heterocycles. The molecular formula is C22H28N2O4S2.